The van der Waals surface area contributed by atoms with Gasteiger partial charge in [-0.3, -0.25) is 4.79 Å². The highest BCUT2D eigenvalue weighted by atomic mass is 32.2. The van der Waals surface area contributed by atoms with E-state index in [2.05, 4.69) is 36.5 Å². The minimum atomic E-state index is -0.104. The zero-order valence-corrected chi connectivity index (χ0v) is 12.4. The van der Waals surface area contributed by atoms with E-state index in [1.54, 1.807) is 36.0 Å². The summed E-state index contributed by atoms with van der Waals surface area (Å²) in [6.07, 6.45) is 0.754. The van der Waals surface area contributed by atoms with E-state index in [4.69, 9.17) is 5.26 Å². The van der Waals surface area contributed by atoms with Crippen LogP contribution in [0.2, 0.25) is 0 Å². The number of amides is 1. The highest BCUT2D eigenvalue weighted by molar-refractivity contribution is 8.01. The van der Waals surface area contributed by atoms with E-state index in [1.165, 1.54) is 16.0 Å². The Bertz CT molecular complexity index is 749. The topological polar surface area (TPSA) is 52.9 Å². The van der Waals surface area contributed by atoms with Crippen LogP contribution in [0.5, 0.6) is 0 Å². The molecule has 0 radical (unpaired) electrons. The molecule has 4 heteroatoms. The number of anilines is 1. The fraction of sp³-hybridized carbons (Fsp3) is 0.176. The number of hydrogen-bond acceptors (Lipinski definition) is 3. The molecule has 1 amide bonds. The average Bonchev–Trinajstić information content (AvgIpc) is 2.90. The molecule has 0 spiro atoms. The number of carbonyl (C=O) groups is 1. The van der Waals surface area contributed by atoms with Gasteiger partial charge in [0.15, 0.2) is 0 Å². The van der Waals surface area contributed by atoms with Crippen molar-refractivity contribution >= 4 is 23.4 Å². The Morgan fingerprint density at radius 3 is 3.00 bits per heavy atom. The first-order valence-electron chi connectivity index (χ1n) is 6.73. The second-order valence-corrected chi connectivity index (χ2v) is 6.35. The van der Waals surface area contributed by atoms with Gasteiger partial charge in [-0.2, -0.15) is 5.26 Å². The second kappa shape index (κ2) is 5.63. The minimum Gasteiger partial charge on any atom is -0.325 e. The third-order valence-electron chi connectivity index (χ3n) is 3.45. The first-order chi connectivity index (χ1) is 10.2. The summed E-state index contributed by atoms with van der Waals surface area (Å²) >= 11 is 1.61. The summed E-state index contributed by atoms with van der Waals surface area (Å²) in [5.41, 5.74) is 3.66. The molecule has 2 aromatic rings. The number of aryl methyl sites for hydroxylation is 1. The van der Waals surface area contributed by atoms with Gasteiger partial charge in [0.05, 0.1) is 16.9 Å². The lowest BCUT2D eigenvalue weighted by Crippen LogP contribution is -2.24. The van der Waals surface area contributed by atoms with Crippen molar-refractivity contribution in [2.24, 2.45) is 0 Å². The van der Waals surface area contributed by atoms with Gasteiger partial charge in [0.25, 0.3) is 0 Å². The molecule has 1 heterocycles. The molecule has 0 aromatic heterocycles. The minimum absolute atomic E-state index is 0.0102. The second-order valence-electron chi connectivity index (χ2n) is 5.10. The Hall–Kier alpha value is -2.25. The zero-order valence-electron chi connectivity index (χ0n) is 11.6. The molecule has 2 aromatic carbocycles. The fourth-order valence-electron chi connectivity index (χ4n) is 2.37. The lowest BCUT2D eigenvalue weighted by atomic mass is 10.1. The predicted molar refractivity (Wildman–Crippen MR) is 84.3 cm³/mol. The molecule has 1 N–H and O–H groups in total. The number of hydrogen-bond donors (Lipinski definition) is 1. The maximum atomic E-state index is 12.4. The van der Waals surface area contributed by atoms with E-state index >= 15 is 0 Å². The summed E-state index contributed by atoms with van der Waals surface area (Å²) in [7, 11) is 0. The number of thioether (sulfide) groups is 1. The number of rotatable bonds is 2. The highest BCUT2D eigenvalue weighted by Crippen LogP contribution is 2.38. The van der Waals surface area contributed by atoms with E-state index in [-0.39, 0.29) is 11.2 Å². The van der Waals surface area contributed by atoms with Gasteiger partial charge in [-0.1, -0.05) is 23.8 Å². The molecule has 104 valence electrons. The zero-order chi connectivity index (χ0) is 14.8. The molecule has 0 saturated heterocycles. The van der Waals surface area contributed by atoms with Crippen LogP contribution in [-0.4, -0.2) is 11.2 Å². The van der Waals surface area contributed by atoms with Crippen molar-refractivity contribution < 1.29 is 4.79 Å². The van der Waals surface area contributed by atoms with Crippen molar-refractivity contribution in [3.05, 3.63) is 59.2 Å². The van der Waals surface area contributed by atoms with E-state index in [0.29, 0.717) is 11.3 Å². The Morgan fingerprint density at radius 1 is 1.33 bits per heavy atom. The van der Waals surface area contributed by atoms with Crippen LogP contribution in [0.25, 0.3) is 0 Å². The molecule has 0 aliphatic carbocycles. The average molecular weight is 294 g/mol. The maximum Gasteiger partial charge on any atom is 0.238 e. The number of nitrogens with zero attached hydrogens (tertiary/aromatic N) is 1. The molecule has 1 aliphatic rings. The lowest BCUT2D eigenvalue weighted by Gasteiger charge is -2.10. The number of benzene rings is 2. The van der Waals surface area contributed by atoms with Crippen LogP contribution in [0.1, 0.15) is 16.7 Å². The summed E-state index contributed by atoms with van der Waals surface area (Å²) in [5, 5.41) is 11.7. The Labute approximate surface area is 128 Å². The van der Waals surface area contributed by atoms with Gasteiger partial charge in [-0.25, -0.2) is 0 Å². The molecule has 3 rings (SSSR count). The summed E-state index contributed by atoms with van der Waals surface area (Å²) in [4.78, 5) is 13.5. The molecular formula is C17H14N2OS. The van der Waals surface area contributed by atoms with Gasteiger partial charge in [0.2, 0.25) is 5.91 Å². The maximum absolute atomic E-state index is 12.4. The van der Waals surface area contributed by atoms with Gasteiger partial charge < -0.3 is 5.32 Å². The van der Waals surface area contributed by atoms with Crippen molar-refractivity contribution in [3.8, 4) is 6.07 Å². The van der Waals surface area contributed by atoms with Crippen LogP contribution in [0, 0.1) is 18.3 Å². The normalized spacial score (nSPS) is 16.1. The number of fused-ring (bicyclic) bond motifs is 1. The number of carbonyl (C=O) groups excluding carboxylic acids is 1. The largest absolute Gasteiger partial charge is 0.325 e. The van der Waals surface area contributed by atoms with Crippen molar-refractivity contribution in [3.63, 3.8) is 0 Å². The SMILES string of the molecule is Cc1ccc2c(c1)SC(C(=O)Nc1cccc(C#N)c1)C2. The van der Waals surface area contributed by atoms with Crippen LogP contribution < -0.4 is 5.32 Å². The smallest absolute Gasteiger partial charge is 0.238 e. The Morgan fingerprint density at radius 2 is 2.19 bits per heavy atom. The molecule has 1 atom stereocenters. The van der Waals surface area contributed by atoms with Gasteiger partial charge in [0, 0.05) is 10.6 Å². The monoisotopic (exact) mass is 294 g/mol. The van der Waals surface area contributed by atoms with Gasteiger partial charge in [-0.15, -0.1) is 11.8 Å². The first kappa shape index (κ1) is 13.7. The van der Waals surface area contributed by atoms with Gasteiger partial charge >= 0.3 is 0 Å². The lowest BCUT2D eigenvalue weighted by molar-refractivity contribution is -0.115. The molecule has 0 saturated carbocycles. The molecule has 0 fully saturated rings. The summed E-state index contributed by atoms with van der Waals surface area (Å²) in [6, 6.07) is 15.4. The summed E-state index contributed by atoms with van der Waals surface area (Å²) < 4.78 is 0. The fourth-order valence-corrected chi connectivity index (χ4v) is 3.66. The quantitative estimate of drug-likeness (QED) is 0.922. The van der Waals surface area contributed by atoms with Crippen LogP contribution in [0.15, 0.2) is 47.4 Å². The van der Waals surface area contributed by atoms with E-state index < -0.39 is 0 Å². The molecular weight excluding hydrogens is 280 g/mol. The number of nitrogens with one attached hydrogen (secondary N) is 1. The van der Waals surface area contributed by atoms with E-state index in [9.17, 15) is 4.79 Å². The predicted octanol–water partition coefficient (Wildman–Crippen LogP) is 3.52. The molecule has 0 bridgehead atoms. The first-order valence-corrected chi connectivity index (χ1v) is 7.61. The Balaban J connectivity index is 1.72. The van der Waals surface area contributed by atoms with E-state index in [0.717, 1.165) is 6.42 Å². The van der Waals surface area contributed by atoms with Crippen molar-refractivity contribution in [2.75, 3.05) is 5.32 Å². The summed E-state index contributed by atoms with van der Waals surface area (Å²) in [6.45, 7) is 2.06. The third-order valence-corrected chi connectivity index (χ3v) is 4.75. The van der Waals surface area contributed by atoms with Crippen molar-refractivity contribution in [1.29, 1.82) is 5.26 Å². The Kier molecular flexibility index (Phi) is 3.68. The van der Waals surface area contributed by atoms with Gasteiger partial charge in [0.1, 0.15) is 0 Å². The van der Waals surface area contributed by atoms with E-state index in [1.807, 2.05) is 0 Å². The molecule has 1 aliphatic heterocycles. The standard InChI is InChI=1S/C17H14N2OS/c1-11-5-6-13-9-16(21-15(13)7-11)17(20)19-14-4-2-3-12(8-14)10-18/h2-8,16H,9H2,1H3,(H,19,20). The van der Waals surface area contributed by atoms with Crippen LogP contribution in [0.4, 0.5) is 5.69 Å². The number of nitriles is 1. The van der Waals surface area contributed by atoms with Crippen LogP contribution >= 0.6 is 11.8 Å². The van der Waals surface area contributed by atoms with Crippen molar-refractivity contribution in [1.82, 2.24) is 0 Å². The van der Waals surface area contributed by atoms with Crippen LogP contribution in [0.3, 0.4) is 0 Å². The highest BCUT2D eigenvalue weighted by Gasteiger charge is 2.28. The van der Waals surface area contributed by atoms with Crippen LogP contribution in [-0.2, 0) is 11.2 Å². The molecule has 21 heavy (non-hydrogen) atoms. The molecule has 1 unspecified atom stereocenters. The third kappa shape index (κ3) is 2.93. The van der Waals surface area contributed by atoms with Gasteiger partial charge in [-0.05, 0) is 43.2 Å². The summed E-state index contributed by atoms with van der Waals surface area (Å²) in [5.74, 6) is -0.0102. The molecule has 3 nitrogen and oxygen atoms in total. The van der Waals surface area contributed by atoms with Crippen molar-refractivity contribution in [2.45, 2.75) is 23.5 Å².